The van der Waals surface area contributed by atoms with E-state index in [-0.39, 0.29) is 0 Å². The predicted molar refractivity (Wildman–Crippen MR) is 91.0 cm³/mol. The van der Waals surface area contributed by atoms with Crippen LogP contribution in [0.4, 0.5) is 5.69 Å². The van der Waals surface area contributed by atoms with Gasteiger partial charge >= 0.3 is 0 Å². The van der Waals surface area contributed by atoms with Crippen LogP contribution < -0.4 is 10.6 Å². The van der Waals surface area contributed by atoms with Gasteiger partial charge in [0, 0.05) is 31.9 Å². The van der Waals surface area contributed by atoms with Gasteiger partial charge in [0.1, 0.15) is 0 Å². The minimum Gasteiger partial charge on any atom is -0.369 e. The Morgan fingerprint density at radius 1 is 1.21 bits per heavy atom. The van der Waals surface area contributed by atoms with E-state index in [1.807, 2.05) is 0 Å². The monoisotopic (exact) mass is 402 g/mol. The maximum atomic E-state index is 5.70. The lowest BCUT2D eigenvalue weighted by molar-refractivity contribution is 0.902. The van der Waals surface area contributed by atoms with Crippen molar-refractivity contribution in [3.05, 3.63) is 49.0 Å². The van der Waals surface area contributed by atoms with Crippen molar-refractivity contribution in [3.63, 3.8) is 0 Å². The van der Waals surface area contributed by atoms with Crippen molar-refractivity contribution >= 4 is 48.9 Å². The normalized spacial score (nSPS) is 10.7. The molecule has 102 valence electrons. The van der Waals surface area contributed by atoms with Crippen LogP contribution in [0.3, 0.4) is 0 Å². The van der Waals surface area contributed by atoms with E-state index < -0.39 is 0 Å². The van der Waals surface area contributed by atoms with Gasteiger partial charge in [-0.3, -0.25) is 0 Å². The third kappa shape index (κ3) is 4.05. The second-order valence-electron chi connectivity index (χ2n) is 4.40. The highest BCUT2D eigenvalue weighted by molar-refractivity contribution is 9.10. The molecule has 1 aromatic carbocycles. The molecule has 0 spiro atoms. The summed E-state index contributed by atoms with van der Waals surface area (Å²) >= 11 is 8.79. The second-order valence-corrected chi connectivity index (χ2v) is 7.23. The lowest BCUT2D eigenvalue weighted by atomic mass is 10.1. The van der Waals surface area contributed by atoms with E-state index in [9.17, 15) is 0 Å². The molecule has 1 aromatic heterocycles. The number of halogens is 2. The van der Waals surface area contributed by atoms with Gasteiger partial charge in [-0.05, 0) is 58.7 Å². The van der Waals surface area contributed by atoms with Crippen LogP contribution in [-0.2, 0) is 13.0 Å². The Hall–Kier alpha value is -0.360. The average molecular weight is 404 g/mol. The van der Waals surface area contributed by atoms with Crippen molar-refractivity contribution in [1.29, 1.82) is 0 Å². The molecule has 0 aliphatic heterocycles. The summed E-state index contributed by atoms with van der Waals surface area (Å²) in [6.07, 6.45) is 0.896. The fourth-order valence-electron chi connectivity index (χ4n) is 2.04. The second kappa shape index (κ2) is 6.88. The molecule has 0 unspecified atom stereocenters. The quantitative estimate of drug-likeness (QED) is 0.800. The van der Waals surface area contributed by atoms with Gasteiger partial charge in [0.2, 0.25) is 0 Å². The molecule has 0 saturated carbocycles. The molecule has 1 heterocycles. The highest BCUT2D eigenvalue weighted by atomic mass is 79.9. The van der Waals surface area contributed by atoms with Crippen molar-refractivity contribution in [2.45, 2.75) is 13.0 Å². The van der Waals surface area contributed by atoms with Gasteiger partial charge in [0.05, 0.1) is 6.54 Å². The number of rotatable bonds is 5. The van der Waals surface area contributed by atoms with Crippen LogP contribution in [0.15, 0.2) is 38.6 Å². The molecule has 2 N–H and O–H groups in total. The molecule has 0 aliphatic carbocycles. The van der Waals surface area contributed by atoms with Gasteiger partial charge in [0.15, 0.2) is 0 Å². The van der Waals surface area contributed by atoms with Crippen LogP contribution in [0.1, 0.15) is 10.4 Å². The first-order valence-corrected chi connectivity index (χ1v) is 8.49. The number of thiophene rings is 1. The molecular weight excluding hydrogens is 388 g/mol. The Bertz CT molecular complexity index is 554. The minimum atomic E-state index is 0.668. The average Bonchev–Trinajstić information content (AvgIpc) is 2.75. The van der Waals surface area contributed by atoms with Crippen molar-refractivity contribution in [3.8, 4) is 0 Å². The molecule has 0 aliphatic rings. The van der Waals surface area contributed by atoms with Crippen LogP contribution in [-0.4, -0.2) is 13.6 Å². The van der Waals surface area contributed by atoms with Crippen LogP contribution in [0, 0.1) is 0 Å². The zero-order chi connectivity index (χ0) is 13.8. The van der Waals surface area contributed by atoms with E-state index in [2.05, 4.69) is 73.5 Å². The smallest absolute Gasteiger partial charge is 0.0520 e. The summed E-state index contributed by atoms with van der Waals surface area (Å²) in [5, 5.41) is 2.12. The summed E-state index contributed by atoms with van der Waals surface area (Å²) in [5.74, 6) is 0. The van der Waals surface area contributed by atoms with Gasteiger partial charge in [-0.2, -0.15) is 0 Å². The third-order valence-corrected chi connectivity index (χ3v) is 5.06. The predicted octanol–water partition coefficient (Wildman–Crippen LogP) is 4.41. The Kier molecular flexibility index (Phi) is 5.45. The Balaban J connectivity index is 2.20. The molecular formula is C14H16Br2N2S. The molecule has 0 fully saturated rings. The van der Waals surface area contributed by atoms with Crippen molar-refractivity contribution in [2.75, 3.05) is 18.5 Å². The van der Waals surface area contributed by atoms with Crippen molar-refractivity contribution in [2.24, 2.45) is 5.73 Å². The fourth-order valence-corrected chi connectivity index (χ4v) is 3.95. The summed E-state index contributed by atoms with van der Waals surface area (Å²) in [6, 6.07) is 8.56. The van der Waals surface area contributed by atoms with Crippen LogP contribution in [0.25, 0.3) is 0 Å². The zero-order valence-corrected chi connectivity index (χ0v) is 14.7. The highest BCUT2D eigenvalue weighted by Crippen LogP contribution is 2.27. The molecule has 0 radical (unpaired) electrons. The number of nitrogens with two attached hydrogens (primary N) is 1. The van der Waals surface area contributed by atoms with E-state index in [0.29, 0.717) is 6.54 Å². The van der Waals surface area contributed by atoms with Crippen LogP contribution in [0.5, 0.6) is 0 Å². The van der Waals surface area contributed by atoms with E-state index in [1.165, 1.54) is 16.1 Å². The van der Waals surface area contributed by atoms with Gasteiger partial charge in [-0.1, -0.05) is 15.9 Å². The van der Waals surface area contributed by atoms with Crippen LogP contribution in [0.2, 0.25) is 0 Å². The zero-order valence-electron chi connectivity index (χ0n) is 10.7. The molecule has 0 atom stereocenters. The summed E-state index contributed by atoms with van der Waals surface area (Å²) in [4.78, 5) is 3.62. The van der Waals surface area contributed by atoms with E-state index >= 15 is 0 Å². The largest absolute Gasteiger partial charge is 0.369 e. The summed E-state index contributed by atoms with van der Waals surface area (Å²) in [6.45, 7) is 1.58. The number of hydrogen-bond donors (Lipinski definition) is 1. The Morgan fingerprint density at radius 3 is 2.63 bits per heavy atom. The molecule has 19 heavy (non-hydrogen) atoms. The summed E-state index contributed by atoms with van der Waals surface area (Å²) < 4.78 is 2.26. The topological polar surface area (TPSA) is 29.3 Å². The molecule has 2 rings (SSSR count). The fraction of sp³-hybridized carbons (Fsp3) is 0.286. The first-order chi connectivity index (χ1) is 9.10. The number of nitrogens with zero attached hydrogens (tertiary/aromatic N) is 1. The summed E-state index contributed by atoms with van der Waals surface area (Å²) in [7, 11) is 2.12. The van der Waals surface area contributed by atoms with Crippen molar-refractivity contribution in [1.82, 2.24) is 0 Å². The van der Waals surface area contributed by atoms with Gasteiger partial charge in [-0.25, -0.2) is 0 Å². The van der Waals surface area contributed by atoms with Crippen LogP contribution >= 0.6 is 43.2 Å². The minimum absolute atomic E-state index is 0.668. The van der Waals surface area contributed by atoms with E-state index in [4.69, 9.17) is 5.73 Å². The number of anilines is 1. The number of hydrogen-bond acceptors (Lipinski definition) is 3. The molecule has 0 saturated heterocycles. The van der Waals surface area contributed by atoms with Gasteiger partial charge in [0.25, 0.3) is 0 Å². The first kappa shape index (κ1) is 15.0. The molecule has 0 bridgehead atoms. The van der Waals surface area contributed by atoms with E-state index in [1.54, 1.807) is 11.3 Å². The standard InChI is InChI=1S/C14H16Br2N2S/c1-18(8-13-7-12(16)9-19-13)14-3-2-11(15)6-10(14)4-5-17/h2-3,6-7,9H,4-5,8,17H2,1H3. The lowest BCUT2D eigenvalue weighted by Crippen LogP contribution is -2.18. The van der Waals surface area contributed by atoms with Crippen molar-refractivity contribution < 1.29 is 0 Å². The van der Waals surface area contributed by atoms with Gasteiger partial charge in [-0.15, -0.1) is 11.3 Å². The SMILES string of the molecule is CN(Cc1cc(Br)cs1)c1ccc(Br)cc1CCN. The maximum absolute atomic E-state index is 5.70. The number of benzene rings is 1. The Labute approximate surface area is 134 Å². The maximum Gasteiger partial charge on any atom is 0.0520 e. The van der Waals surface area contributed by atoms with E-state index in [0.717, 1.165) is 21.9 Å². The molecule has 2 nitrogen and oxygen atoms in total. The molecule has 2 aromatic rings. The lowest BCUT2D eigenvalue weighted by Gasteiger charge is -2.22. The first-order valence-electron chi connectivity index (χ1n) is 6.02. The molecule has 5 heteroatoms. The van der Waals surface area contributed by atoms with Gasteiger partial charge < -0.3 is 10.6 Å². The highest BCUT2D eigenvalue weighted by Gasteiger charge is 2.09. The molecule has 0 amide bonds. The third-order valence-electron chi connectivity index (χ3n) is 2.88. The Morgan fingerprint density at radius 2 is 2.00 bits per heavy atom. The summed E-state index contributed by atoms with van der Waals surface area (Å²) in [5.41, 5.74) is 8.23.